The Morgan fingerprint density at radius 2 is 2.06 bits per heavy atom. The fourth-order valence-electron chi connectivity index (χ4n) is 1.47. The van der Waals surface area contributed by atoms with Gasteiger partial charge in [-0.1, -0.05) is 19.9 Å². The van der Waals surface area contributed by atoms with Gasteiger partial charge >= 0.3 is 5.97 Å². The van der Waals surface area contributed by atoms with E-state index in [0.29, 0.717) is 11.2 Å². The zero-order valence-electron chi connectivity index (χ0n) is 10.2. The van der Waals surface area contributed by atoms with E-state index in [1.54, 1.807) is 6.08 Å². The highest BCUT2D eigenvalue weighted by Gasteiger charge is 2.29. The van der Waals surface area contributed by atoms with Crippen molar-refractivity contribution < 1.29 is 9.53 Å². The van der Waals surface area contributed by atoms with Gasteiger partial charge in [0.15, 0.2) is 0 Å². The van der Waals surface area contributed by atoms with Gasteiger partial charge < -0.3 is 4.74 Å². The molecule has 0 aromatic heterocycles. The Labute approximate surface area is 107 Å². The van der Waals surface area contributed by atoms with Crippen LogP contribution in [0.5, 0.6) is 0 Å². The molecule has 0 atom stereocenters. The van der Waals surface area contributed by atoms with E-state index < -0.39 is 0 Å². The van der Waals surface area contributed by atoms with Crippen LogP contribution in [0.25, 0.3) is 0 Å². The average Bonchev–Trinajstić information content (AvgIpc) is 2.28. The fraction of sp³-hybridized carbons (Fsp3) is 0.750. The van der Waals surface area contributed by atoms with Crippen LogP contribution < -0.4 is 0 Å². The van der Waals surface area contributed by atoms with Crippen LogP contribution in [-0.2, 0) is 9.53 Å². The lowest BCUT2D eigenvalue weighted by atomic mass is 9.95. The average molecular weight is 260 g/mol. The van der Waals surface area contributed by atoms with Gasteiger partial charge in [-0.2, -0.15) is 0 Å². The van der Waals surface area contributed by atoms with Crippen LogP contribution in [-0.4, -0.2) is 28.7 Å². The summed E-state index contributed by atoms with van der Waals surface area (Å²) in [6.07, 6.45) is 4.85. The molecule has 0 unspecified atom stereocenters. The van der Waals surface area contributed by atoms with E-state index in [1.165, 1.54) is 17.9 Å². The number of allylic oxidation sites excluding steroid dienone is 1. The molecule has 0 aromatic carbocycles. The van der Waals surface area contributed by atoms with Crippen LogP contribution in [0.3, 0.4) is 0 Å². The Balaban J connectivity index is 2.51. The minimum Gasteiger partial charge on any atom is -0.463 e. The molecule has 0 amide bonds. The summed E-state index contributed by atoms with van der Waals surface area (Å²) in [5.41, 5.74) is 0.0442. The van der Waals surface area contributed by atoms with Crippen molar-refractivity contribution in [3.8, 4) is 0 Å². The van der Waals surface area contributed by atoms with Crippen molar-refractivity contribution in [2.45, 2.75) is 31.8 Å². The van der Waals surface area contributed by atoms with E-state index in [-0.39, 0.29) is 11.4 Å². The quantitative estimate of drug-likeness (QED) is 0.572. The molecule has 0 N–H and O–H groups in total. The second-order valence-corrected chi connectivity index (χ2v) is 7.06. The normalized spacial score (nSPS) is 18.9. The van der Waals surface area contributed by atoms with Gasteiger partial charge in [0.1, 0.15) is 0 Å². The van der Waals surface area contributed by atoms with E-state index in [2.05, 4.69) is 13.8 Å². The molecule has 1 aliphatic heterocycles. The fourth-order valence-corrected chi connectivity index (χ4v) is 4.68. The number of hydrogen-bond donors (Lipinski definition) is 0. The third kappa shape index (κ3) is 4.42. The molecule has 1 saturated heterocycles. The van der Waals surface area contributed by atoms with Crippen molar-refractivity contribution >= 4 is 29.5 Å². The summed E-state index contributed by atoms with van der Waals surface area (Å²) >= 11 is 3.99. The summed E-state index contributed by atoms with van der Waals surface area (Å²) in [5, 5.41) is 0. The van der Waals surface area contributed by atoms with Crippen LogP contribution in [0.15, 0.2) is 12.2 Å². The van der Waals surface area contributed by atoms with Crippen molar-refractivity contribution in [2.24, 2.45) is 5.41 Å². The predicted molar refractivity (Wildman–Crippen MR) is 72.9 cm³/mol. The first-order valence-electron chi connectivity index (χ1n) is 5.65. The van der Waals surface area contributed by atoms with Gasteiger partial charge in [-0.25, -0.2) is 4.79 Å². The minimum atomic E-state index is -0.235. The molecule has 0 aliphatic carbocycles. The zero-order chi connectivity index (χ0) is 12.0. The first-order valence-corrected chi connectivity index (χ1v) is 7.75. The van der Waals surface area contributed by atoms with E-state index in [1.807, 2.05) is 36.5 Å². The Morgan fingerprint density at radius 3 is 2.62 bits per heavy atom. The highest BCUT2D eigenvalue weighted by atomic mass is 32.2. The number of thioether (sulfide) groups is 2. The SMILES string of the molecule is CCOC(=O)/C=C/C(C)(C)C1SCCCS1. The standard InChI is InChI=1S/C12H20O2S2/c1-4-14-10(13)6-7-12(2,3)11-15-8-5-9-16-11/h6-7,11H,4-5,8-9H2,1-3H3/b7-6+. The lowest BCUT2D eigenvalue weighted by molar-refractivity contribution is -0.137. The molecule has 0 spiro atoms. The van der Waals surface area contributed by atoms with Gasteiger partial charge in [0.05, 0.1) is 11.2 Å². The molecule has 1 fully saturated rings. The van der Waals surface area contributed by atoms with Crippen molar-refractivity contribution in [3.63, 3.8) is 0 Å². The van der Waals surface area contributed by atoms with Crippen LogP contribution in [0.4, 0.5) is 0 Å². The van der Waals surface area contributed by atoms with Crippen molar-refractivity contribution in [2.75, 3.05) is 18.1 Å². The second kappa shape index (κ2) is 6.60. The molecular weight excluding hydrogens is 240 g/mol. The molecule has 0 radical (unpaired) electrons. The van der Waals surface area contributed by atoms with Crippen LogP contribution in [0.1, 0.15) is 27.2 Å². The molecule has 16 heavy (non-hydrogen) atoms. The second-order valence-electron chi connectivity index (χ2n) is 4.33. The van der Waals surface area contributed by atoms with Crippen molar-refractivity contribution in [3.05, 3.63) is 12.2 Å². The summed E-state index contributed by atoms with van der Waals surface area (Å²) in [5.74, 6) is 2.23. The van der Waals surface area contributed by atoms with E-state index >= 15 is 0 Å². The van der Waals surface area contributed by atoms with Crippen LogP contribution in [0.2, 0.25) is 0 Å². The molecular formula is C12H20O2S2. The summed E-state index contributed by atoms with van der Waals surface area (Å²) in [7, 11) is 0. The topological polar surface area (TPSA) is 26.3 Å². The molecule has 1 heterocycles. The lowest BCUT2D eigenvalue weighted by Gasteiger charge is -2.33. The van der Waals surface area contributed by atoms with E-state index in [4.69, 9.17) is 4.74 Å². The lowest BCUT2D eigenvalue weighted by Crippen LogP contribution is -2.25. The van der Waals surface area contributed by atoms with Crippen LogP contribution >= 0.6 is 23.5 Å². The third-order valence-corrected chi connectivity index (χ3v) is 6.06. The Kier molecular flexibility index (Phi) is 5.76. The van der Waals surface area contributed by atoms with Gasteiger partial charge in [0.25, 0.3) is 0 Å². The number of rotatable bonds is 4. The summed E-state index contributed by atoms with van der Waals surface area (Å²) in [4.78, 5) is 11.2. The van der Waals surface area contributed by atoms with Gasteiger partial charge in [-0.05, 0) is 24.9 Å². The largest absolute Gasteiger partial charge is 0.463 e. The molecule has 2 nitrogen and oxygen atoms in total. The molecule has 4 heteroatoms. The molecule has 0 aromatic rings. The summed E-state index contributed by atoms with van der Waals surface area (Å²) in [6, 6.07) is 0. The maximum atomic E-state index is 11.2. The van der Waals surface area contributed by atoms with E-state index in [9.17, 15) is 4.79 Å². The van der Waals surface area contributed by atoms with Crippen molar-refractivity contribution in [1.29, 1.82) is 0 Å². The number of carbonyl (C=O) groups excluding carboxylic acids is 1. The first kappa shape index (κ1) is 14.0. The zero-order valence-corrected chi connectivity index (χ0v) is 11.8. The van der Waals surface area contributed by atoms with Gasteiger partial charge in [-0.3, -0.25) is 0 Å². The monoisotopic (exact) mass is 260 g/mol. The highest BCUT2D eigenvalue weighted by molar-refractivity contribution is 8.17. The molecule has 92 valence electrons. The smallest absolute Gasteiger partial charge is 0.330 e. The molecule has 0 saturated carbocycles. The van der Waals surface area contributed by atoms with Crippen molar-refractivity contribution in [1.82, 2.24) is 0 Å². The highest BCUT2D eigenvalue weighted by Crippen LogP contribution is 2.43. The van der Waals surface area contributed by atoms with Gasteiger partial charge in [-0.15, -0.1) is 23.5 Å². The summed E-state index contributed by atoms with van der Waals surface area (Å²) in [6.45, 7) is 6.62. The van der Waals surface area contributed by atoms with Crippen LogP contribution in [0, 0.1) is 5.41 Å². The number of esters is 1. The Hall–Kier alpha value is -0.0900. The van der Waals surface area contributed by atoms with Gasteiger partial charge in [0.2, 0.25) is 0 Å². The number of ether oxygens (including phenoxy) is 1. The first-order chi connectivity index (χ1) is 7.56. The Morgan fingerprint density at radius 1 is 1.44 bits per heavy atom. The maximum Gasteiger partial charge on any atom is 0.330 e. The molecule has 1 aliphatic rings. The predicted octanol–water partition coefficient (Wildman–Crippen LogP) is 3.33. The number of hydrogen-bond acceptors (Lipinski definition) is 4. The third-order valence-electron chi connectivity index (χ3n) is 2.37. The molecule has 1 rings (SSSR count). The Bertz CT molecular complexity index is 256. The number of carbonyl (C=O) groups is 1. The minimum absolute atomic E-state index is 0.0442. The summed E-state index contributed by atoms with van der Waals surface area (Å²) < 4.78 is 5.43. The van der Waals surface area contributed by atoms with E-state index in [0.717, 1.165) is 0 Å². The van der Waals surface area contributed by atoms with Gasteiger partial charge in [0, 0.05) is 11.5 Å². The maximum absolute atomic E-state index is 11.2. The molecule has 0 bridgehead atoms.